The third-order valence-corrected chi connectivity index (χ3v) is 3.86. The molecule has 0 spiro atoms. The zero-order valence-electron chi connectivity index (χ0n) is 14.5. The van der Waals surface area contributed by atoms with Crippen LogP contribution >= 0.6 is 11.6 Å². The summed E-state index contributed by atoms with van der Waals surface area (Å²) >= 11 is 5.77. The molecule has 1 heterocycles. The average molecular weight is 399 g/mol. The second-order valence-corrected chi connectivity index (χ2v) is 6.06. The summed E-state index contributed by atoms with van der Waals surface area (Å²) in [5.74, 6) is 0.0805. The molecule has 0 unspecified atom stereocenters. The molecule has 3 rings (SSSR count). The molecule has 0 aliphatic heterocycles. The van der Waals surface area contributed by atoms with E-state index >= 15 is 0 Å². The van der Waals surface area contributed by atoms with E-state index in [-0.39, 0.29) is 12.2 Å². The molecular formula is C20H15ClN2O5. The smallest absolute Gasteiger partial charge is 0.335 e. The van der Waals surface area contributed by atoms with Crippen molar-refractivity contribution < 1.29 is 23.8 Å². The highest BCUT2D eigenvalue weighted by atomic mass is 35.5. The summed E-state index contributed by atoms with van der Waals surface area (Å²) in [6.07, 6.45) is 1.36. The maximum atomic E-state index is 11.7. The topological polar surface area (TPSA) is 101 Å². The Morgan fingerprint density at radius 3 is 2.46 bits per heavy atom. The number of hydrogen-bond donors (Lipinski definition) is 2. The predicted molar refractivity (Wildman–Crippen MR) is 104 cm³/mol. The number of rotatable bonds is 7. The van der Waals surface area contributed by atoms with E-state index in [0.29, 0.717) is 22.3 Å². The Kier molecular flexibility index (Phi) is 6.08. The van der Waals surface area contributed by atoms with Crippen LogP contribution in [0.15, 0.2) is 70.2 Å². The summed E-state index contributed by atoms with van der Waals surface area (Å²) in [5.41, 5.74) is 3.26. The van der Waals surface area contributed by atoms with Gasteiger partial charge in [0.2, 0.25) is 0 Å². The van der Waals surface area contributed by atoms with Gasteiger partial charge in [-0.05, 0) is 48.5 Å². The minimum Gasteiger partial charge on any atom is -0.484 e. The van der Waals surface area contributed by atoms with Crippen molar-refractivity contribution in [3.63, 3.8) is 0 Å². The summed E-state index contributed by atoms with van der Waals surface area (Å²) in [6, 6.07) is 16.3. The van der Waals surface area contributed by atoms with Crippen molar-refractivity contribution in [3.05, 3.63) is 77.0 Å². The van der Waals surface area contributed by atoms with Crippen molar-refractivity contribution in [3.8, 4) is 17.1 Å². The van der Waals surface area contributed by atoms with Gasteiger partial charge < -0.3 is 14.3 Å². The summed E-state index contributed by atoms with van der Waals surface area (Å²) in [7, 11) is 0. The van der Waals surface area contributed by atoms with E-state index in [1.807, 2.05) is 0 Å². The van der Waals surface area contributed by atoms with Crippen LogP contribution in [0.5, 0.6) is 5.75 Å². The number of ether oxygens (including phenoxy) is 1. The number of carbonyl (C=O) groups is 2. The standard InChI is InChI=1S/C20H15ClN2O5/c21-15-5-7-16(8-6-15)27-12-19(24)23-22-11-17-9-10-18(28-17)13-1-3-14(4-2-13)20(25)26/h1-11H,12H2,(H,23,24)(H,25,26)/b22-11-. The highest BCUT2D eigenvalue weighted by Gasteiger charge is 2.07. The molecule has 0 atom stereocenters. The Morgan fingerprint density at radius 2 is 1.79 bits per heavy atom. The summed E-state index contributed by atoms with van der Waals surface area (Å²) in [4.78, 5) is 22.6. The number of nitrogens with one attached hydrogen (secondary N) is 1. The molecule has 7 nitrogen and oxygen atoms in total. The lowest BCUT2D eigenvalue weighted by atomic mass is 10.1. The van der Waals surface area contributed by atoms with Crippen LogP contribution in [0.4, 0.5) is 0 Å². The number of benzene rings is 2. The molecule has 0 saturated heterocycles. The van der Waals surface area contributed by atoms with Gasteiger partial charge in [-0.25, -0.2) is 10.2 Å². The molecule has 2 N–H and O–H groups in total. The number of halogens is 1. The van der Waals surface area contributed by atoms with Gasteiger partial charge in [-0.3, -0.25) is 4.79 Å². The SMILES string of the molecule is O=C(COc1ccc(Cl)cc1)N/N=C\c1ccc(-c2ccc(C(=O)O)cc2)o1. The van der Waals surface area contributed by atoms with E-state index in [2.05, 4.69) is 10.5 Å². The molecule has 1 amide bonds. The largest absolute Gasteiger partial charge is 0.484 e. The molecule has 0 aliphatic rings. The molecule has 2 aromatic carbocycles. The molecular weight excluding hydrogens is 384 g/mol. The van der Waals surface area contributed by atoms with Gasteiger partial charge in [0, 0.05) is 10.6 Å². The van der Waals surface area contributed by atoms with Crippen molar-refractivity contribution in [2.45, 2.75) is 0 Å². The number of carboxylic acids is 1. The van der Waals surface area contributed by atoms with Crippen LogP contribution in [0.25, 0.3) is 11.3 Å². The van der Waals surface area contributed by atoms with Gasteiger partial charge >= 0.3 is 5.97 Å². The Hall–Kier alpha value is -3.58. The second-order valence-electron chi connectivity index (χ2n) is 5.62. The molecule has 1 aromatic heterocycles. The van der Waals surface area contributed by atoms with Crippen LogP contribution in [0, 0.1) is 0 Å². The van der Waals surface area contributed by atoms with Crippen molar-refractivity contribution >= 4 is 29.7 Å². The van der Waals surface area contributed by atoms with Gasteiger partial charge in [0.15, 0.2) is 6.61 Å². The van der Waals surface area contributed by atoms with Crippen molar-refractivity contribution in [1.82, 2.24) is 5.43 Å². The molecule has 0 bridgehead atoms. The molecule has 0 radical (unpaired) electrons. The monoisotopic (exact) mass is 398 g/mol. The molecule has 8 heteroatoms. The Morgan fingerprint density at radius 1 is 1.07 bits per heavy atom. The number of aromatic carboxylic acids is 1. The number of amides is 1. The molecule has 3 aromatic rings. The summed E-state index contributed by atoms with van der Waals surface area (Å²) in [5, 5.41) is 13.3. The lowest BCUT2D eigenvalue weighted by Crippen LogP contribution is -2.24. The first kappa shape index (κ1) is 19.2. The number of carboxylic acid groups (broad SMARTS) is 1. The van der Waals surface area contributed by atoms with Crippen LogP contribution < -0.4 is 10.2 Å². The first-order valence-electron chi connectivity index (χ1n) is 8.15. The molecule has 28 heavy (non-hydrogen) atoms. The van der Waals surface area contributed by atoms with Crippen molar-refractivity contribution in [2.24, 2.45) is 5.10 Å². The summed E-state index contributed by atoms with van der Waals surface area (Å²) in [6.45, 7) is -0.196. The maximum absolute atomic E-state index is 11.7. The fourth-order valence-electron chi connectivity index (χ4n) is 2.23. The number of carbonyl (C=O) groups excluding carboxylic acids is 1. The highest BCUT2D eigenvalue weighted by molar-refractivity contribution is 6.30. The molecule has 0 fully saturated rings. The molecule has 0 saturated carbocycles. The fraction of sp³-hybridized carbons (Fsp3) is 0.0500. The van der Waals surface area contributed by atoms with E-state index in [0.717, 1.165) is 5.56 Å². The number of furan rings is 1. The van der Waals surface area contributed by atoms with Crippen molar-refractivity contribution in [1.29, 1.82) is 0 Å². The zero-order chi connectivity index (χ0) is 19.9. The van der Waals surface area contributed by atoms with Gasteiger partial charge in [0.25, 0.3) is 5.91 Å². The maximum Gasteiger partial charge on any atom is 0.335 e. The minimum absolute atomic E-state index is 0.195. The first-order chi connectivity index (χ1) is 13.5. The predicted octanol–water partition coefficient (Wildman–Crippen LogP) is 3.83. The Bertz CT molecular complexity index is 994. The minimum atomic E-state index is -0.991. The van der Waals surface area contributed by atoms with Crippen LogP contribution in [0.3, 0.4) is 0 Å². The quantitative estimate of drug-likeness (QED) is 0.465. The van der Waals surface area contributed by atoms with E-state index in [1.165, 1.54) is 18.3 Å². The normalized spacial score (nSPS) is 10.8. The van der Waals surface area contributed by atoms with E-state index in [9.17, 15) is 9.59 Å². The average Bonchev–Trinajstić information content (AvgIpc) is 3.16. The van der Waals surface area contributed by atoms with Gasteiger partial charge in [-0.15, -0.1) is 0 Å². The van der Waals surface area contributed by atoms with Gasteiger partial charge in [-0.1, -0.05) is 23.7 Å². The van der Waals surface area contributed by atoms with Crippen LogP contribution in [0.2, 0.25) is 5.02 Å². The Labute approximate surface area is 165 Å². The van der Waals surface area contributed by atoms with E-state index < -0.39 is 11.9 Å². The zero-order valence-corrected chi connectivity index (χ0v) is 15.2. The van der Waals surface area contributed by atoms with Gasteiger partial charge in [0.1, 0.15) is 17.3 Å². The van der Waals surface area contributed by atoms with Crippen molar-refractivity contribution in [2.75, 3.05) is 6.61 Å². The number of hydrazone groups is 1. The Balaban J connectivity index is 1.51. The third kappa shape index (κ3) is 5.21. The first-order valence-corrected chi connectivity index (χ1v) is 8.53. The van der Waals surface area contributed by atoms with E-state index in [1.54, 1.807) is 48.5 Å². The molecule has 142 valence electrons. The number of hydrogen-bond acceptors (Lipinski definition) is 5. The van der Waals surface area contributed by atoms with Gasteiger partial charge in [0.05, 0.1) is 11.8 Å². The third-order valence-electron chi connectivity index (χ3n) is 3.61. The van der Waals surface area contributed by atoms with Gasteiger partial charge in [-0.2, -0.15) is 5.10 Å². The van der Waals surface area contributed by atoms with Crippen LogP contribution in [0.1, 0.15) is 16.1 Å². The van der Waals surface area contributed by atoms with Crippen LogP contribution in [-0.4, -0.2) is 29.8 Å². The lowest BCUT2D eigenvalue weighted by molar-refractivity contribution is -0.123. The fourth-order valence-corrected chi connectivity index (χ4v) is 2.36. The summed E-state index contributed by atoms with van der Waals surface area (Å²) < 4.78 is 10.9. The molecule has 0 aliphatic carbocycles. The number of nitrogens with zero attached hydrogens (tertiary/aromatic N) is 1. The van der Waals surface area contributed by atoms with E-state index in [4.69, 9.17) is 25.9 Å². The second kappa shape index (κ2) is 8.88. The van der Waals surface area contributed by atoms with Crippen LogP contribution in [-0.2, 0) is 4.79 Å². The lowest BCUT2D eigenvalue weighted by Gasteiger charge is -2.04. The highest BCUT2D eigenvalue weighted by Crippen LogP contribution is 2.22.